The largest absolute Gasteiger partial charge is 0.424 e. The summed E-state index contributed by atoms with van der Waals surface area (Å²) in [7, 11) is 1.37. The molecule has 2 heterocycles. The summed E-state index contributed by atoms with van der Waals surface area (Å²) in [4.78, 5) is 20.2. The minimum absolute atomic E-state index is 0.0171. The first-order valence-corrected chi connectivity index (χ1v) is 10.0. The normalized spacial score (nSPS) is 13.8. The van der Waals surface area contributed by atoms with Gasteiger partial charge in [-0.05, 0) is 12.5 Å². The number of rotatable bonds is 7. The van der Waals surface area contributed by atoms with Crippen LogP contribution in [-0.4, -0.2) is 38.3 Å². The van der Waals surface area contributed by atoms with Gasteiger partial charge in [-0.2, -0.15) is 13.2 Å². The molecular formula is C20H21F3N4O2S. The number of hydrogen-bond acceptors (Lipinski definition) is 5. The van der Waals surface area contributed by atoms with Crippen LogP contribution in [0.1, 0.15) is 22.8 Å². The Morgan fingerprint density at radius 1 is 1.27 bits per heavy atom. The molecule has 0 aliphatic heterocycles. The number of alkyl halides is 3. The van der Waals surface area contributed by atoms with Crippen LogP contribution in [0.25, 0.3) is 11.3 Å². The second-order valence-electron chi connectivity index (χ2n) is 6.95. The monoisotopic (exact) mass is 438 g/mol. The first-order chi connectivity index (χ1) is 14.1. The minimum Gasteiger partial charge on any atom is -0.374 e. The molecule has 0 aliphatic carbocycles. The van der Waals surface area contributed by atoms with Crippen LogP contribution in [0, 0.1) is 6.92 Å². The van der Waals surface area contributed by atoms with E-state index in [4.69, 9.17) is 0 Å². The van der Waals surface area contributed by atoms with E-state index in [-0.39, 0.29) is 13.0 Å². The molecule has 30 heavy (non-hydrogen) atoms. The van der Waals surface area contributed by atoms with E-state index < -0.39 is 29.9 Å². The number of hydrogen-bond donors (Lipinski definition) is 2. The highest BCUT2D eigenvalue weighted by Gasteiger charge is 2.57. The molecule has 0 saturated heterocycles. The van der Waals surface area contributed by atoms with Crippen LogP contribution in [0.2, 0.25) is 0 Å². The van der Waals surface area contributed by atoms with Crippen LogP contribution in [0.5, 0.6) is 0 Å². The summed E-state index contributed by atoms with van der Waals surface area (Å²) in [5, 5.41) is 15.6. The van der Waals surface area contributed by atoms with Gasteiger partial charge in [0.05, 0.1) is 17.1 Å². The lowest BCUT2D eigenvalue weighted by Crippen LogP contribution is -2.46. The van der Waals surface area contributed by atoms with Crippen molar-refractivity contribution in [3.63, 3.8) is 0 Å². The maximum Gasteiger partial charge on any atom is 0.424 e. The van der Waals surface area contributed by atoms with Gasteiger partial charge in [0.1, 0.15) is 5.82 Å². The number of carbonyl (C=O) groups excluding carboxylic acids is 1. The Bertz CT molecular complexity index is 1010. The van der Waals surface area contributed by atoms with Gasteiger partial charge in [-0.1, -0.05) is 24.3 Å². The number of aryl methyl sites for hydroxylation is 2. The summed E-state index contributed by atoms with van der Waals surface area (Å²) in [5.74, 6) is -0.950. The number of nitrogens with zero attached hydrogens (tertiary/aromatic N) is 3. The fourth-order valence-electron chi connectivity index (χ4n) is 3.06. The summed E-state index contributed by atoms with van der Waals surface area (Å²) in [6.07, 6.45) is -3.15. The van der Waals surface area contributed by atoms with Gasteiger partial charge in [0.15, 0.2) is 0 Å². The molecular weight excluding hydrogens is 417 g/mol. The maximum atomic E-state index is 13.5. The van der Waals surface area contributed by atoms with Crippen molar-refractivity contribution in [2.24, 2.45) is 7.05 Å². The fraction of sp³-hybridized carbons (Fsp3) is 0.350. The van der Waals surface area contributed by atoms with E-state index >= 15 is 0 Å². The van der Waals surface area contributed by atoms with Gasteiger partial charge in [-0.3, -0.25) is 4.79 Å². The van der Waals surface area contributed by atoms with Gasteiger partial charge < -0.3 is 15.0 Å². The van der Waals surface area contributed by atoms with Gasteiger partial charge >= 0.3 is 6.18 Å². The topological polar surface area (TPSA) is 80.0 Å². The molecule has 0 saturated carbocycles. The lowest BCUT2D eigenvalue weighted by molar-refractivity contribution is -0.272. The van der Waals surface area contributed by atoms with Gasteiger partial charge in [0, 0.05) is 43.4 Å². The third-order valence-corrected chi connectivity index (χ3v) is 5.48. The third-order valence-electron chi connectivity index (χ3n) is 4.70. The van der Waals surface area contributed by atoms with Crippen molar-refractivity contribution in [1.29, 1.82) is 0 Å². The minimum atomic E-state index is -4.93. The highest BCUT2D eigenvalue weighted by atomic mass is 32.1. The highest BCUT2D eigenvalue weighted by Crippen LogP contribution is 2.40. The Morgan fingerprint density at radius 3 is 2.50 bits per heavy atom. The van der Waals surface area contributed by atoms with Crippen molar-refractivity contribution in [2.75, 3.05) is 6.54 Å². The maximum absolute atomic E-state index is 13.5. The number of nitrogens with one attached hydrogen (secondary N) is 1. The number of imidazole rings is 1. The summed E-state index contributed by atoms with van der Waals surface area (Å²) in [5.41, 5.74) is -0.646. The molecule has 1 unspecified atom stereocenters. The van der Waals surface area contributed by atoms with Gasteiger partial charge in [0.2, 0.25) is 11.5 Å². The van der Waals surface area contributed by atoms with E-state index in [1.807, 2.05) is 24.4 Å². The first-order valence-electron chi connectivity index (χ1n) is 9.15. The zero-order chi connectivity index (χ0) is 21.9. The predicted octanol–water partition coefficient (Wildman–Crippen LogP) is 3.35. The zero-order valence-corrected chi connectivity index (χ0v) is 17.2. The van der Waals surface area contributed by atoms with E-state index in [1.165, 1.54) is 19.4 Å². The van der Waals surface area contributed by atoms with Crippen molar-refractivity contribution in [3.8, 4) is 11.3 Å². The molecule has 0 aliphatic rings. The Labute approximate surface area is 175 Å². The van der Waals surface area contributed by atoms with E-state index in [2.05, 4.69) is 15.3 Å². The summed E-state index contributed by atoms with van der Waals surface area (Å²) < 4.78 is 41.5. The summed E-state index contributed by atoms with van der Waals surface area (Å²) >= 11 is 1.54. The molecule has 0 spiro atoms. The number of amides is 1. The molecule has 1 amide bonds. The molecule has 6 nitrogen and oxygen atoms in total. The molecule has 1 aromatic carbocycles. The molecule has 10 heteroatoms. The Hall–Kier alpha value is -2.72. The molecule has 1 atom stereocenters. The molecule has 2 N–H and O–H groups in total. The van der Waals surface area contributed by atoms with Gasteiger partial charge in [-0.25, -0.2) is 9.97 Å². The van der Waals surface area contributed by atoms with Gasteiger partial charge in [-0.15, -0.1) is 11.3 Å². The number of aliphatic hydroxyl groups is 1. The van der Waals surface area contributed by atoms with Crippen LogP contribution in [0.3, 0.4) is 0 Å². The number of carbonyl (C=O) groups is 1. The number of thiazole rings is 1. The van der Waals surface area contributed by atoms with Crippen LogP contribution >= 0.6 is 11.3 Å². The van der Waals surface area contributed by atoms with E-state index in [9.17, 15) is 23.1 Å². The number of halogens is 3. The average Bonchev–Trinajstić information content (AvgIpc) is 3.30. The van der Waals surface area contributed by atoms with E-state index in [1.54, 1.807) is 23.5 Å². The lowest BCUT2D eigenvalue weighted by atomic mass is 9.97. The van der Waals surface area contributed by atoms with E-state index in [0.29, 0.717) is 0 Å². The summed E-state index contributed by atoms with van der Waals surface area (Å²) in [6, 6.07) is 7.26. The van der Waals surface area contributed by atoms with Crippen LogP contribution in [-0.2, 0) is 23.9 Å². The van der Waals surface area contributed by atoms with E-state index in [0.717, 1.165) is 26.4 Å². The molecule has 3 aromatic rings. The molecule has 3 rings (SSSR count). The molecule has 160 valence electrons. The highest BCUT2D eigenvalue weighted by molar-refractivity contribution is 7.09. The predicted molar refractivity (Wildman–Crippen MR) is 107 cm³/mol. The Balaban J connectivity index is 1.58. The van der Waals surface area contributed by atoms with Crippen molar-refractivity contribution in [3.05, 3.63) is 58.4 Å². The standard InChI is InChI=1S/C20H21F3N4O2S/c1-13-26-16(12-30-13)15-5-3-14(4-6-15)11-17(28)24-8-7-19(29,20(21,22)23)18-25-9-10-27(18)2/h3-6,9-10,12,29H,7-8,11H2,1-2H3,(H,24,28). The molecule has 2 aromatic heterocycles. The first kappa shape index (κ1) is 22.0. The third kappa shape index (κ3) is 4.71. The smallest absolute Gasteiger partial charge is 0.374 e. The Kier molecular flexibility index (Phi) is 6.27. The SMILES string of the molecule is Cc1nc(-c2ccc(CC(=O)NCCC(O)(c3nccn3C)C(F)(F)F)cc2)cs1. The average molecular weight is 438 g/mol. The molecule has 0 fully saturated rings. The van der Waals surface area contributed by atoms with Crippen molar-refractivity contribution < 1.29 is 23.1 Å². The van der Waals surface area contributed by atoms with Crippen LogP contribution in [0.15, 0.2) is 42.0 Å². The lowest BCUT2D eigenvalue weighted by Gasteiger charge is -2.30. The second kappa shape index (κ2) is 8.57. The zero-order valence-electron chi connectivity index (χ0n) is 16.4. The molecule has 0 bridgehead atoms. The number of benzene rings is 1. The molecule has 0 radical (unpaired) electrons. The second-order valence-corrected chi connectivity index (χ2v) is 8.01. The van der Waals surface area contributed by atoms with Crippen LogP contribution < -0.4 is 5.32 Å². The van der Waals surface area contributed by atoms with Gasteiger partial charge in [0.25, 0.3) is 0 Å². The van der Waals surface area contributed by atoms with Crippen molar-refractivity contribution in [1.82, 2.24) is 19.9 Å². The quantitative estimate of drug-likeness (QED) is 0.593. The Morgan fingerprint density at radius 2 is 1.97 bits per heavy atom. The van der Waals surface area contributed by atoms with Crippen molar-refractivity contribution >= 4 is 17.2 Å². The van der Waals surface area contributed by atoms with Crippen LogP contribution in [0.4, 0.5) is 13.2 Å². The van der Waals surface area contributed by atoms with Crippen molar-refractivity contribution in [2.45, 2.75) is 31.5 Å². The number of aromatic nitrogens is 3. The summed E-state index contributed by atoms with van der Waals surface area (Å²) in [6.45, 7) is 1.57. The fourth-order valence-corrected chi connectivity index (χ4v) is 3.69.